The highest BCUT2D eigenvalue weighted by Gasteiger charge is 2.04. The number of aliphatic imine (C=N–C) groups is 1. The number of rotatable bonds is 3. The predicted molar refractivity (Wildman–Crippen MR) is 68.4 cm³/mol. The summed E-state index contributed by atoms with van der Waals surface area (Å²) in [5, 5.41) is 0. The van der Waals surface area contributed by atoms with Crippen LogP contribution in [0.3, 0.4) is 0 Å². The van der Waals surface area contributed by atoms with E-state index in [1.54, 1.807) is 12.3 Å². The molecular formula is C13H13N3. The molecule has 0 radical (unpaired) electrons. The van der Waals surface area contributed by atoms with Gasteiger partial charge in [0.1, 0.15) is 5.70 Å². The molecule has 2 rings (SSSR count). The normalized spacial score (nSPS) is 12.4. The van der Waals surface area contributed by atoms with Crippen molar-refractivity contribution in [2.75, 3.05) is 0 Å². The summed E-state index contributed by atoms with van der Waals surface area (Å²) in [6.07, 6.45) is 5.21. The largest absolute Gasteiger partial charge is 0.337 e. The molecule has 0 aliphatic carbocycles. The fourth-order valence-corrected chi connectivity index (χ4v) is 1.48. The van der Waals surface area contributed by atoms with Gasteiger partial charge in [0.05, 0.1) is 11.0 Å². The second kappa shape index (κ2) is 4.57. The smallest absolute Gasteiger partial charge is 0.156 e. The maximum absolute atomic E-state index is 4.46. The van der Waals surface area contributed by atoms with Gasteiger partial charge in [-0.05, 0) is 19.1 Å². The Kier molecular flexibility index (Phi) is 2.96. The first-order valence-electron chi connectivity index (χ1n) is 5.11. The topological polar surface area (TPSA) is 41.0 Å². The van der Waals surface area contributed by atoms with E-state index >= 15 is 0 Å². The van der Waals surface area contributed by atoms with Gasteiger partial charge in [-0.1, -0.05) is 30.9 Å². The van der Waals surface area contributed by atoms with E-state index in [-0.39, 0.29) is 0 Å². The van der Waals surface area contributed by atoms with Gasteiger partial charge in [-0.3, -0.25) is 4.99 Å². The van der Waals surface area contributed by atoms with Gasteiger partial charge in [-0.25, -0.2) is 4.98 Å². The molecule has 1 N–H and O–H groups in total. The molecule has 0 atom stereocenters. The highest BCUT2D eigenvalue weighted by atomic mass is 15.0. The van der Waals surface area contributed by atoms with Crippen molar-refractivity contribution in [3.05, 3.63) is 48.8 Å². The highest BCUT2D eigenvalue weighted by Crippen LogP contribution is 2.17. The van der Waals surface area contributed by atoms with Gasteiger partial charge in [-0.2, -0.15) is 0 Å². The van der Waals surface area contributed by atoms with E-state index in [0.717, 1.165) is 22.6 Å². The van der Waals surface area contributed by atoms with E-state index in [1.807, 2.05) is 37.3 Å². The van der Waals surface area contributed by atoms with Crippen molar-refractivity contribution < 1.29 is 0 Å². The maximum atomic E-state index is 4.46. The minimum absolute atomic E-state index is 0.779. The molecule has 16 heavy (non-hydrogen) atoms. The molecule has 3 heteroatoms. The minimum Gasteiger partial charge on any atom is -0.337 e. The van der Waals surface area contributed by atoms with Crippen LogP contribution in [0.4, 0.5) is 0 Å². The van der Waals surface area contributed by atoms with Crippen LogP contribution in [0.2, 0.25) is 0 Å². The second-order valence-electron chi connectivity index (χ2n) is 3.29. The average molecular weight is 211 g/mol. The zero-order valence-electron chi connectivity index (χ0n) is 9.14. The Morgan fingerprint density at radius 3 is 2.94 bits per heavy atom. The molecule has 2 aromatic rings. The van der Waals surface area contributed by atoms with Gasteiger partial charge in [0.2, 0.25) is 0 Å². The summed E-state index contributed by atoms with van der Waals surface area (Å²) in [4.78, 5) is 11.9. The fourth-order valence-electron chi connectivity index (χ4n) is 1.48. The number of aromatic amines is 1. The third-order valence-electron chi connectivity index (χ3n) is 2.22. The van der Waals surface area contributed by atoms with Crippen LogP contribution in [0.5, 0.6) is 0 Å². The van der Waals surface area contributed by atoms with E-state index in [9.17, 15) is 0 Å². The molecule has 1 aromatic heterocycles. The molecule has 0 amide bonds. The Bertz CT molecular complexity index is 528. The number of benzene rings is 1. The number of para-hydroxylation sites is 2. The molecule has 0 unspecified atom stereocenters. The van der Waals surface area contributed by atoms with Crippen molar-refractivity contribution in [1.82, 2.24) is 9.97 Å². The van der Waals surface area contributed by atoms with Crippen LogP contribution in [-0.4, -0.2) is 16.2 Å². The monoisotopic (exact) mass is 211 g/mol. The SMILES string of the molecule is C=CC=N/C(=C\C)c1nc2ccccc2[nH]1. The highest BCUT2D eigenvalue weighted by molar-refractivity contribution is 5.82. The van der Waals surface area contributed by atoms with Crippen molar-refractivity contribution in [3.8, 4) is 0 Å². The van der Waals surface area contributed by atoms with Crippen LogP contribution in [0.1, 0.15) is 12.7 Å². The molecule has 1 heterocycles. The molecule has 0 bridgehead atoms. The number of allylic oxidation sites excluding steroid dienone is 2. The van der Waals surface area contributed by atoms with Crippen LogP contribution in [0.15, 0.2) is 48.0 Å². The number of aromatic nitrogens is 2. The quantitative estimate of drug-likeness (QED) is 0.778. The zero-order chi connectivity index (χ0) is 11.4. The molecule has 0 spiro atoms. The molecule has 3 nitrogen and oxygen atoms in total. The van der Waals surface area contributed by atoms with Crippen LogP contribution >= 0.6 is 0 Å². The Morgan fingerprint density at radius 1 is 1.44 bits per heavy atom. The number of fused-ring (bicyclic) bond motifs is 1. The third kappa shape index (κ3) is 1.93. The van der Waals surface area contributed by atoms with E-state index in [0.29, 0.717) is 0 Å². The first-order chi connectivity index (χ1) is 7.85. The average Bonchev–Trinajstić information content (AvgIpc) is 2.73. The Balaban J connectivity index is 2.46. The van der Waals surface area contributed by atoms with Crippen molar-refractivity contribution in [2.45, 2.75) is 6.92 Å². The number of imidazole rings is 1. The van der Waals surface area contributed by atoms with Crippen molar-refractivity contribution in [3.63, 3.8) is 0 Å². The second-order valence-corrected chi connectivity index (χ2v) is 3.29. The number of nitrogens with one attached hydrogen (secondary N) is 1. The van der Waals surface area contributed by atoms with E-state index in [4.69, 9.17) is 0 Å². The molecular weight excluding hydrogens is 198 g/mol. The first-order valence-corrected chi connectivity index (χ1v) is 5.11. The van der Waals surface area contributed by atoms with Crippen molar-refractivity contribution in [2.24, 2.45) is 4.99 Å². The number of hydrogen-bond acceptors (Lipinski definition) is 2. The maximum Gasteiger partial charge on any atom is 0.156 e. The number of hydrogen-bond donors (Lipinski definition) is 1. The summed E-state index contributed by atoms with van der Waals surface area (Å²) in [7, 11) is 0. The summed E-state index contributed by atoms with van der Waals surface area (Å²) < 4.78 is 0. The number of nitrogens with zero attached hydrogens (tertiary/aromatic N) is 2. The summed E-state index contributed by atoms with van der Waals surface area (Å²) in [6, 6.07) is 7.91. The Hall–Kier alpha value is -2.16. The lowest BCUT2D eigenvalue weighted by Crippen LogP contribution is -1.83. The Labute approximate surface area is 94.2 Å². The molecule has 80 valence electrons. The molecule has 1 aromatic carbocycles. The zero-order valence-corrected chi connectivity index (χ0v) is 9.14. The molecule has 0 fully saturated rings. The summed E-state index contributed by atoms with van der Waals surface area (Å²) in [5.41, 5.74) is 2.78. The van der Waals surface area contributed by atoms with Gasteiger partial charge < -0.3 is 4.98 Å². The standard InChI is InChI=1S/C13H13N3/c1-3-9-14-10(4-2)13-15-11-7-5-6-8-12(11)16-13/h3-9H,1H2,2H3,(H,15,16)/b10-4-,14-9?. The van der Waals surface area contributed by atoms with Gasteiger partial charge in [-0.15, -0.1) is 0 Å². The van der Waals surface area contributed by atoms with Crippen LogP contribution in [-0.2, 0) is 0 Å². The first kappa shape index (κ1) is 10.4. The van der Waals surface area contributed by atoms with Crippen molar-refractivity contribution in [1.29, 1.82) is 0 Å². The van der Waals surface area contributed by atoms with Gasteiger partial charge in [0.15, 0.2) is 5.82 Å². The minimum atomic E-state index is 0.779. The summed E-state index contributed by atoms with van der Waals surface area (Å²) in [5.74, 6) is 0.779. The van der Waals surface area contributed by atoms with E-state index in [1.165, 1.54) is 0 Å². The molecule has 0 aliphatic heterocycles. The lowest BCUT2D eigenvalue weighted by molar-refractivity contribution is 1.24. The summed E-state index contributed by atoms with van der Waals surface area (Å²) >= 11 is 0. The van der Waals surface area contributed by atoms with Gasteiger partial charge in [0.25, 0.3) is 0 Å². The van der Waals surface area contributed by atoms with E-state index in [2.05, 4.69) is 21.5 Å². The lowest BCUT2D eigenvalue weighted by atomic mass is 10.3. The molecule has 0 aliphatic rings. The van der Waals surface area contributed by atoms with Gasteiger partial charge in [0, 0.05) is 6.21 Å². The van der Waals surface area contributed by atoms with Crippen molar-refractivity contribution >= 4 is 22.9 Å². The molecule has 0 saturated carbocycles. The molecule has 0 saturated heterocycles. The third-order valence-corrected chi connectivity index (χ3v) is 2.22. The Morgan fingerprint density at radius 2 is 2.25 bits per heavy atom. The van der Waals surface area contributed by atoms with Crippen LogP contribution in [0, 0.1) is 0 Å². The van der Waals surface area contributed by atoms with E-state index < -0.39 is 0 Å². The van der Waals surface area contributed by atoms with Gasteiger partial charge >= 0.3 is 0 Å². The lowest BCUT2D eigenvalue weighted by Gasteiger charge is -1.93. The van der Waals surface area contributed by atoms with Crippen LogP contribution in [0.25, 0.3) is 16.7 Å². The van der Waals surface area contributed by atoms with Crippen LogP contribution < -0.4 is 0 Å². The fraction of sp³-hybridized carbons (Fsp3) is 0.0769. The predicted octanol–water partition coefficient (Wildman–Crippen LogP) is 3.18. The summed E-state index contributed by atoms with van der Waals surface area (Å²) in [6.45, 7) is 5.53. The number of H-pyrrole nitrogens is 1.